The van der Waals surface area contributed by atoms with Crippen LogP contribution in [-0.4, -0.2) is 44.0 Å². The Kier molecular flexibility index (Phi) is 3.89. The van der Waals surface area contributed by atoms with E-state index in [0.717, 1.165) is 6.42 Å². The van der Waals surface area contributed by atoms with Gasteiger partial charge < -0.3 is 4.90 Å². The Hall–Kier alpha value is -1.56. The first kappa shape index (κ1) is 15.3. The van der Waals surface area contributed by atoms with Crippen molar-refractivity contribution in [2.75, 3.05) is 5.75 Å². The number of amides is 1. The molecule has 6 heteroatoms. The highest BCUT2D eigenvalue weighted by molar-refractivity contribution is 8.01. The molecule has 0 N–H and O–H groups in total. The summed E-state index contributed by atoms with van der Waals surface area (Å²) in [4.78, 5) is 31.2. The minimum absolute atomic E-state index is 0.0634. The number of pyridine rings is 1. The zero-order chi connectivity index (χ0) is 15.9. The lowest BCUT2D eigenvalue weighted by Gasteiger charge is -2.30. The average Bonchev–Trinajstić information content (AvgIpc) is 2.95. The summed E-state index contributed by atoms with van der Waals surface area (Å²) in [5.41, 5.74) is 0.646. The largest absolute Gasteiger partial charge is 0.315 e. The molecule has 2 aliphatic heterocycles. The first-order chi connectivity index (χ1) is 10.4. The summed E-state index contributed by atoms with van der Waals surface area (Å²) in [5, 5.41) is 0. The molecule has 0 saturated carbocycles. The number of hydrogen-bond acceptors (Lipinski definition) is 4. The van der Waals surface area contributed by atoms with Gasteiger partial charge in [0.25, 0.3) is 5.91 Å². The maximum Gasteiger partial charge on any atom is 0.255 e. The molecular weight excluding hydrogens is 298 g/mol. The number of rotatable bonds is 2. The van der Waals surface area contributed by atoms with Crippen LogP contribution < -0.4 is 5.49 Å². The van der Waals surface area contributed by atoms with E-state index in [4.69, 9.17) is 0 Å². The average molecular weight is 319 g/mol. The molecule has 2 fully saturated rings. The van der Waals surface area contributed by atoms with Gasteiger partial charge in [0, 0.05) is 24.4 Å². The first-order valence-corrected chi connectivity index (χ1v) is 8.63. The Labute approximate surface area is 134 Å². The fraction of sp³-hybridized carbons (Fsp3) is 0.562. The van der Waals surface area contributed by atoms with Gasteiger partial charge in [-0.1, -0.05) is 6.07 Å². The Bertz CT molecular complexity index is 682. The number of carbonyl (C=O) groups is 2. The molecule has 1 aromatic heterocycles. The van der Waals surface area contributed by atoms with Crippen LogP contribution in [0, 0.1) is 0 Å². The van der Waals surface area contributed by atoms with E-state index in [1.165, 1.54) is 0 Å². The molecule has 0 unspecified atom stereocenters. The Morgan fingerprint density at radius 2 is 2.23 bits per heavy atom. The van der Waals surface area contributed by atoms with Crippen molar-refractivity contribution in [3.8, 4) is 0 Å². The monoisotopic (exact) mass is 319 g/mol. The number of fused-ring (bicyclic) bond motifs is 1. The Morgan fingerprint density at radius 1 is 1.45 bits per heavy atom. The van der Waals surface area contributed by atoms with E-state index in [-0.39, 0.29) is 22.7 Å². The van der Waals surface area contributed by atoms with E-state index in [9.17, 15) is 9.59 Å². The van der Waals surface area contributed by atoms with Crippen LogP contribution >= 0.6 is 11.8 Å². The summed E-state index contributed by atoms with van der Waals surface area (Å²) in [6, 6.07) is 5.26. The summed E-state index contributed by atoms with van der Waals surface area (Å²) in [6.45, 7) is 6.02. The minimum Gasteiger partial charge on any atom is -0.315 e. The van der Waals surface area contributed by atoms with E-state index in [2.05, 4.69) is 11.9 Å². The van der Waals surface area contributed by atoms with Crippen LogP contribution in [0.2, 0.25) is 0 Å². The summed E-state index contributed by atoms with van der Waals surface area (Å²) in [7, 11) is 0. The molecule has 2 saturated heterocycles. The normalized spacial score (nSPS) is 28.5. The standard InChI is InChI=1S/C16H21N3O2S/c1-11(2)17-13-6-4-5-9-18(13)15(21)12-10-22-16(3)8-7-14(20)19(12)16/h4-6,9,11-12H,7-8,10H2,1-3H3/t12-,16+/m0/s1. The summed E-state index contributed by atoms with van der Waals surface area (Å²) in [6.07, 6.45) is 3.10. The van der Waals surface area contributed by atoms with Crippen molar-refractivity contribution in [1.82, 2.24) is 9.47 Å². The molecule has 118 valence electrons. The molecule has 0 radical (unpaired) electrons. The lowest BCUT2D eigenvalue weighted by atomic mass is 10.2. The molecule has 1 aromatic rings. The summed E-state index contributed by atoms with van der Waals surface area (Å²) in [5.74, 6) is 0.681. The predicted molar refractivity (Wildman–Crippen MR) is 86.5 cm³/mol. The van der Waals surface area contributed by atoms with Crippen LogP contribution in [0.25, 0.3) is 0 Å². The number of thioether (sulfide) groups is 1. The topological polar surface area (TPSA) is 54.7 Å². The fourth-order valence-corrected chi connectivity index (χ4v) is 4.58. The van der Waals surface area contributed by atoms with E-state index >= 15 is 0 Å². The molecule has 5 nitrogen and oxygen atoms in total. The van der Waals surface area contributed by atoms with Gasteiger partial charge in [0.1, 0.15) is 11.5 Å². The van der Waals surface area contributed by atoms with Crippen LogP contribution in [0.15, 0.2) is 29.4 Å². The zero-order valence-electron chi connectivity index (χ0n) is 13.2. The summed E-state index contributed by atoms with van der Waals surface area (Å²) < 4.78 is 1.59. The molecule has 0 spiro atoms. The van der Waals surface area contributed by atoms with Crippen molar-refractivity contribution in [3.05, 3.63) is 29.9 Å². The second-order valence-electron chi connectivity index (χ2n) is 6.26. The second-order valence-corrected chi connectivity index (χ2v) is 7.76. The second kappa shape index (κ2) is 5.57. The van der Waals surface area contributed by atoms with Gasteiger partial charge in [0.15, 0.2) is 0 Å². The van der Waals surface area contributed by atoms with Crippen LogP contribution in [0.1, 0.15) is 38.4 Å². The third-order valence-electron chi connectivity index (χ3n) is 4.20. The molecule has 22 heavy (non-hydrogen) atoms. The maximum absolute atomic E-state index is 13.0. The van der Waals surface area contributed by atoms with Gasteiger partial charge in [0.05, 0.1) is 4.87 Å². The number of carbonyl (C=O) groups excluding carboxylic acids is 2. The molecule has 2 atom stereocenters. The molecule has 3 heterocycles. The quantitative estimate of drug-likeness (QED) is 0.836. The number of hydrogen-bond donors (Lipinski definition) is 0. The highest BCUT2D eigenvalue weighted by Crippen LogP contribution is 2.47. The van der Waals surface area contributed by atoms with Crippen LogP contribution in [0.4, 0.5) is 0 Å². The Balaban J connectivity index is 1.98. The smallest absolute Gasteiger partial charge is 0.255 e. The van der Waals surface area contributed by atoms with E-state index in [1.807, 2.05) is 32.0 Å². The fourth-order valence-electron chi connectivity index (χ4n) is 3.15. The van der Waals surface area contributed by atoms with Crippen molar-refractivity contribution in [3.63, 3.8) is 0 Å². The van der Waals surface area contributed by atoms with Crippen molar-refractivity contribution < 1.29 is 9.59 Å². The molecule has 0 aromatic carbocycles. The molecule has 2 aliphatic rings. The van der Waals surface area contributed by atoms with Crippen molar-refractivity contribution >= 4 is 23.6 Å². The van der Waals surface area contributed by atoms with Gasteiger partial charge >= 0.3 is 0 Å². The number of aromatic nitrogens is 1. The lowest BCUT2D eigenvalue weighted by molar-refractivity contribution is -0.130. The molecule has 0 bridgehead atoms. The van der Waals surface area contributed by atoms with E-state index in [1.54, 1.807) is 27.4 Å². The minimum atomic E-state index is -0.390. The van der Waals surface area contributed by atoms with Crippen molar-refractivity contribution in [2.24, 2.45) is 4.99 Å². The van der Waals surface area contributed by atoms with Crippen molar-refractivity contribution in [1.29, 1.82) is 0 Å². The third kappa shape index (κ3) is 2.49. The van der Waals surface area contributed by atoms with Gasteiger partial charge in [-0.05, 0) is 39.3 Å². The zero-order valence-corrected chi connectivity index (χ0v) is 14.0. The maximum atomic E-state index is 13.0. The predicted octanol–water partition coefficient (Wildman–Crippen LogP) is 1.89. The SMILES string of the molecule is CC(C)N=c1ccccn1C(=O)[C@@H]1CS[C@]2(C)CCC(=O)N12. The molecule has 1 amide bonds. The molecule has 0 aliphatic carbocycles. The van der Waals surface area contributed by atoms with Gasteiger partial charge in [-0.3, -0.25) is 19.1 Å². The molecule has 3 rings (SSSR count). The van der Waals surface area contributed by atoms with Crippen LogP contribution in [-0.2, 0) is 4.79 Å². The van der Waals surface area contributed by atoms with Crippen molar-refractivity contribution in [2.45, 2.75) is 50.6 Å². The lowest BCUT2D eigenvalue weighted by Crippen LogP contribution is -2.49. The van der Waals surface area contributed by atoms with E-state index in [0.29, 0.717) is 17.7 Å². The van der Waals surface area contributed by atoms with Gasteiger partial charge in [-0.15, -0.1) is 11.8 Å². The molecular formula is C16H21N3O2S. The van der Waals surface area contributed by atoms with Crippen LogP contribution in [0.5, 0.6) is 0 Å². The van der Waals surface area contributed by atoms with E-state index < -0.39 is 6.04 Å². The number of nitrogens with zero attached hydrogens (tertiary/aromatic N) is 3. The highest BCUT2D eigenvalue weighted by Gasteiger charge is 2.53. The van der Waals surface area contributed by atoms with Gasteiger partial charge in [-0.25, -0.2) is 0 Å². The van der Waals surface area contributed by atoms with Gasteiger partial charge in [0.2, 0.25) is 5.91 Å². The van der Waals surface area contributed by atoms with Crippen LogP contribution in [0.3, 0.4) is 0 Å². The summed E-state index contributed by atoms with van der Waals surface area (Å²) >= 11 is 1.71. The third-order valence-corrected chi connectivity index (χ3v) is 5.70. The first-order valence-electron chi connectivity index (χ1n) is 7.64. The van der Waals surface area contributed by atoms with Gasteiger partial charge in [-0.2, -0.15) is 0 Å². The Morgan fingerprint density at radius 3 is 2.95 bits per heavy atom. The highest BCUT2D eigenvalue weighted by atomic mass is 32.2.